The molecule has 0 fully saturated rings. The molecular formula is C13H15F3N4. The predicted molar refractivity (Wildman–Crippen MR) is 68.3 cm³/mol. The standard InChI is InChI=1S/C13H15F3N4/c1-9(2)18-5-10-3-12(7-17-4-10)20-8-11(6-19-20)13(14,15)16/h3-4,6-9,18H,5H2,1-2H3. The minimum atomic E-state index is -4.39. The van der Waals surface area contributed by atoms with Crippen molar-refractivity contribution >= 4 is 0 Å². The molecule has 2 heterocycles. The summed E-state index contributed by atoms with van der Waals surface area (Å²) < 4.78 is 38.8. The van der Waals surface area contributed by atoms with Gasteiger partial charge in [-0.2, -0.15) is 18.3 Å². The summed E-state index contributed by atoms with van der Waals surface area (Å²) >= 11 is 0. The first-order valence-corrected chi connectivity index (χ1v) is 6.16. The SMILES string of the molecule is CC(C)NCc1cncc(-n2cc(C(F)(F)F)cn2)c1. The Kier molecular flexibility index (Phi) is 4.08. The van der Waals surface area contributed by atoms with E-state index in [0.29, 0.717) is 18.3 Å². The fourth-order valence-corrected chi connectivity index (χ4v) is 1.63. The molecule has 0 aliphatic carbocycles. The van der Waals surface area contributed by atoms with Crippen LogP contribution in [0.25, 0.3) is 5.69 Å². The van der Waals surface area contributed by atoms with E-state index in [0.717, 1.165) is 18.0 Å². The highest BCUT2D eigenvalue weighted by Crippen LogP contribution is 2.29. The van der Waals surface area contributed by atoms with Gasteiger partial charge in [0, 0.05) is 25.0 Å². The van der Waals surface area contributed by atoms with Gasteiger partial charge in [-0.1, -0.05) is 13.8 Å². The molecule has 108 valence electrons. The van der Waals surface area contributed by atoms with E-state index < -0.39 is 11.7 Å². The summed E-state index contributed by atoms with van der Waals surface area (Å²) in [7, 11) is 0. The molecule has 0 atom stereocenters. The molecule has 0 saturated carbocycles. The van der Waals surface area contributed by atoms with Crippen molar-refractivity contribution in [2.24, 2.45) is 0 Å². The minimum Gasteiger partial charge on any atom is -0.310 e. The van der Waals surface area contributed by atoms with E-state index in [1.165, 1.54) is 10.9 Å². The van der Waals surface area contributed by atoms with Gasteiger partial charge in [-0.05, 0) is 11.6 Å². The molecule has 20 heavy (non-hydrogen) atoms. The fraction of sp³-hybridized carbons (Fsp3) is 0.385. The van der Waals surface area contributed by atoms with Crippen LogP contribution in [0.5, 0.6) is 0 Å². The highest BCUT2D eigenvalue weighted by molar-refractivity contribution is 5.32. The molecule has 0 saturated heterocycles. The second-order valence-corrected chi connectivity index (χ2v) is 4.76. The first-order chi connectivity index (χ1) is 9.36. The van der Waals surface area contributed by atoms with Gasteiger partial charge in [0.1, 0.15) is 0 Å². The highest BCUT2D eigenvalue weighted by Gasteiger charge is 2.32. The molecular weight excluding hydrogens is 269 g/mol. The third-order valence-electron chi connectivity index (χ3n) is 2.67. The van der Waals surface area contributed by atoms with E-state index in [2.05, 4.69) is 15.4 Å². The molecule has 2 rings (SSSR count). The van der Waals surface area contributed by atoms with Gasteiger partial charge in [0.15, 0.2) is 0 Å². The van der Waals surface area contributed by atoms with Gasteiger partial charge in [0.25, 0.3) is 0 Å². The Bertz CT molecular complexity index is 575. The van der Waals surface area contributed by atoms with Crippen LogP contribution in [0.4, 0.5) is 13.2 Å². The van der Waals surface area contributed by atoms with Crippen LogP contribution in [-0.2, 0) is 12.7 Å². The number of alkyl halides is 3. The van der Waals surface area contributed by atoms with E-state index in [1.807, 2.05) is 13.8 Å². The maximum absolute atomic E-state index is 12.5. The number of halogens is 3. The molecule has 0 aliphatic rings. The summed E-state index contributed by atoms with van der Waals surface area (Å²) in [6.07, 6.45) is 0.525. The molecule has 7 heteroatoms. The van der Waals surface area contributed by atoms with Crippen molar-refractivity contribution in [2.75, 3.05) is 0 Å². The first kappa shape index (κ1) is 14.5. The largest absolute Gasteiger partial charge is 0.419 e. The van der Waals surface area contributed by atoms with Crippen molar-refractivity contribution in [3.63, 3.8) is 0 Å². The van der Waals surface area contributed by atoms with Crippen molar-refractivity contribution in [3.05, 3.63) is 42.0 Å². The topological polar surface area (TPSA) is 42.7 Å². The van der Waals surface area contributed by atoms with Crippen molar-refractivity contribution in [1.82, 2.24) is 20.1 Å². The summed E-state index contributed by atoms with van der Waals surface area (Å²) in [5.74, 6) is 0. The zero-order valence-electron chi connectivity index (χ0n) is 11.1. The van der Waals surface area contributed by atoms with Crippen molar-refractivity contribution in [1.29, 1.82) is 0 Å². The molecule has 0 unspecified atom stereocenters. The molecule has 0 amide bonds. The average Bonchev–Trinajstić information content (AvgIpc) is 2.86. The second-order valence-electron chi connectivity index (χ2n) is 4.76. The lowest BCUT2D eigenvalue weighted by Gasteiger charge is -2.09. The van der Waals surface area contributed by atoms with Gasteiger partial charge >= 0.3 is 6.18 Å². The predicted octanol–water partition coefficient (Wildman–Crippen LogP) is 2.78. The van der Waals surface area contributed by atoms with E-state index in [4.69, 9.17) is 0 Å². The monoisotopic (exact) mass is 284 g/mol. The number of aromatic nitrogens is 3. The molecule has 2 aromatic rings. The summed E-state index contributed by atoms with van der Waals surface area (Å²) in [5, 5.41) is 6.95. The van der Waals surface area contributed by atoms with Crippen LogP contribution in [0.3, 0.4) is 0 Å². The molecule has 0 aliphatic heterocycles. The van der Waals surface area contributed by atoms with E-state index >= 15 is 0 Å². The number of nitrogens with one attached hydrogen (secondary N) is 1. The van der Waals surface area contributed by atoms with Crippen LogP contribution in [-0.4, -0.2) is 20.8 Å². The number of hydrogen-bond acceptors (Lipinski definition) is 3. The molecule has 1 N–H and O–H groups in total. The van der Waals surface area contributed by atoms with Crippen LogP contribution >= 0.6 is 0 Å². The van der Waals surface area contributed by atoms with Crippen LogP contribution in [0.15, 0.2) is 30.9 Å². The van der Waals surface area contributed by atoms with Gasteiger partial charge in [0.2, 0.25) is 0 Å². The second kappa shape index (κ2) is 5.62. The third kappa shape index (κ3) is 3.57. The zero-order chi connectivity index (χ0) is 14.8. The number of nitrogens with zero attached hydrogens (tertiary/aromatic N) is 3. The molecule has 0 aromatic carbocycles. The van der Waals surface area contributed by atoms with Crippen LogP contribution in [0.2, 0.25) is 0 Å². The summed E-state index contributed by atoms with van der Waals surface area (Å²) in [6.45, 7) is 4.63. The summed E-state index contributed by atoms with van der Waals surface area (Å²) in [5.41, 5.74) is 0.618. The molecule has 0 bridgehead atoms. The molecule has 0 radical (unpaired) electrons. The Hall–Kier alpha value is -1.89. The van der Waals surface area contributed by atoms with Gasteiger partial charge in [-0.25, -0.2) is 4.68 Å². The lowest BCUT2D eigenvalue weighted by atomic mass is 10.2. The van der Waals surface area contributed by atoms with Crippen LogP contribution in [0.1, 0.15) is 25.0 Å². The maximum Gasteiger partial charge on any atom is 0.419 e. The van der Waals surface area contributed by atoms with Crippen molar-refractivity contribution in [2.45, 2.75) is 32.6 Å². The number of rotatable bonds is 4. The molecule has 4 nitrogen and oxygen atoms in total. The van der Waals surface area contributed by atoms with Gasteiger partial charge in [-0.3, -0.25) is 4.98 Å². The summed E-state index contributed by atoms with van der Waals surface area (Å²) in [4.78, 5) is 4.03. The van der Waals surface area contributed by atoms with Crippen molar-refractivity contribution in [3.8, 4) is 5.69 Å². The quantitative estimate of drug-likeness (QED) is 0.938. The Morgan fingerprint density at radius 3 is 2.60 bits per heavy atom. The van der Waals surface area contributed by atoms with Gasteiger partial charge < -0.3 is 5.32 Å². The van der Waals surface area contributed by atoms with E-state index in [1.54, 1.807) is 12.3 Å². The molecule has 0 spiro atoms. The first-order valence-electron chi connectivity index (χ1n) is 6.16. The highest BCUT2D eigenvalue weighted by atomic mass is 19.4. The maximum atomic E-state index is 12.5. The normalized spacial score (nSPS) is 12.1. The van der Waals surface area contributed by atoms with E-state index in [9.17, 15) is 13.2 Å². The summed E-state index contributed by atoms with van der Waals surface area (Å²) in [6, 6.07) is 2.08. The average molecular weight is 284 g/mol. The smallest absolute Gasteiger partial charge is 0.310 e. The lowest BCUT2D eigenvalue weighted by molar-refractivity contribution is -0.137. The zero-order valence-corrected chi connectivity index (χ0v) is 11.1. The molecule has 2 aromatic heterocycles. The van der Waals surface area contributed by atoms with Crippen molar-refractivity contribution < 1.29 is 13.2 Å². The van der Waals surface area contributed by atoms with Crippen LogP contribution < -0.4 is 5.32 Å². The van der Waals surface area contributed by atoms with Gasteiger partial charge in [0.05, 0.1) is 23.6 Å². The van der Waals surface area contributed by atoms with E-state index in [-0.39, 0.29) is 0 Å². The Balaban J connectivity index is 2.20. The van der Waals surface area contributed by atoms with Crippen LogP contribution in [0, 0.1) is 0 Å². The van der Waals surface area contributed by atoms with Gasteiger partial charge in [-0.15, -0.1) is 0 Å². The third-order valence-corrected chi connectivity index (χ3v) is 2.67. The lowest BCUT2D eigenvalue weighted by Crippen LogP contribution is -2.21. The number of hydrogen-bond donors (Lipinski definition) is 1. The Morgan fingerprint density at radius 2 is 2.00 bits per heavy atom. The fourth-order valence-electron chi connectivity index (χ4n) is 1.63. The Morgan fingerprint density at radius 1 is 1.25 bits per heavy atom. The Labute approximate surface area is 114 Å². The number of pyridine rings is 1. The minimum absolute atomic E-state index is 0.320.